The van der Waals surface area contributed by atoms with Crippen molar-refractivity contribution in [3.63, 3.8) is 0 Å². The number of rotatable bonds is 9. The van der Waals surface area contributed by atoms with Crippen LogP contribution in [0.4, 0.5) is 17.1 Å². The van der Waals surface area contributed by atoms with Crippen LogP contribution >= 0.6 is 0 Å². The zero-order chi connectivity index (χ0) is 41.9. The minimum Gasteiger partial charge on any atom is -0.310 e. The largest absolute Gasteiger partial charge is 0.310 e. The zero-order valence-electron chi connectivity index (χ0n) is 35.4. The summed E-state index contributed by atoms with van der Waals surface area (Å²) >= 11 is 0. The molecule has 294 valence electrons. The molecule has 2 aliphatic carbocycles. The quantitative estimate of drug-likeness (QED) is 0.132. The highest BCUT2D eigenvalue weighted by molar-refractivity contribution is 5.96. The van der Waals surface area contributed by atoms with E-state index in [1.807, 2.05) is 18.2 Å². The summed E-state index contributed by atoms with van der Waals surface area (Å²) < 4.78 is 0. The second kappa shape index (κ2) is 14.8. The number of allylic oxidation sites excluding steroid dienone is 4. The number of hydrogen-bond donors (Lipinski definition) is 0. The summed E-state index contributed by atoms with van der Waals surface area (Å²) in [6.07, 6.45) is 5.70. The molecule has 10 rings (SSSR count). The van der Waals surface area contributed by atoms with Gasteiger partial charge in [-0.2, -0.15) is 0 Å². The van der Waals surface area contributed by atoms with Gasteiger partial charge in [0.25, 0.3) is 0 Å². The Morgan fingerprint density at radius 1 is 0.410 bits per heavy atom. The standard InChI is InChI=1S/C60H49N/c1-7-18-40(8-2)43-25-29-47(30-26-43)61(48-31-27-44(28-32-48)41-19-12-9-13-20-41)49-33-34-50-52-38-57-53(39-56(52)59(3,4)55(50)37-49)54-36-46(42-21-14-10-15-22-42)35-51(58(54)60(57,5)6)45-23-16-11-17-24-45/h7-39H,1-2H2,3-6H3/b40-18+. The predicted molar refractivity (Wildman–Crippen MR) is 261 cm³/mol. The number of hydrogen-bond acceptors (Lipinski definition) is 1. The summed E-state index contributed by atoms with van der Waals surface area (Å²) in [6.45, 7) is 17.6. The van der Waals surface area contributed by atoms with Gasteiger partial charge in [-0.3, -0.25) is 0 Å². The van der Waals surface area contributed by atoms with E-state index in [1.54, 1.807) is 0 Å². The van der Waals surface area contributed by atoms with Crippen LogP contribution in [0.3, 0.4) is 0 Å². The summed E-state index contributed by atoms with van der Waals surface area (Å²) in [5.41, 5.74) is 23.3. The average molecular weight is 784 g/mol. The Balaban J connectivity index is 1.10. The van der Waals surface area contributed by atoms with Crippen LogP contribution in [0.25, 0.3) is 61.2 Å². The lowest BCUT2D eigenvalue weighted by Crippen LogP contribution is -2.18. The molecule has 8 aromatic carbocycles. The second-order valence-electron chi connectivity index (χ2n) is 17.5. The Morgan fingerprint density at radius 3 is 1.48 bits per heavy atom. The van der Waals surface area contributed by atoms with Crippen molar-refractivity contribution < 1.29 is 0 Å². The van der Waals surface area contributed by atoms with Gasteiger partial charge < -0.3 is 4.90 Å². The number of anilines is 3. The van der Waals surface area contributed by atoms with Crippen LogP contribution in [0.5, 0.6) is 0 Å². The lowest BCUT2D eigenvalue weighted by atomic mass is 9.77. The van der Waals surface area contributed by atoms with E-state index >= 15 is 0 Å². The molecular weight excluding hydrogens is 735 g/mol. The Labute approximate surface area is 361 Å². The van der Waals surface area contributed by atoms with Crippen molar-refractivity contribution in [2.45, 2.75) is 38.5 Å². The highest BCUT2D eigenvalue weighted by Crippen LogP contribution is 2.59. The molecule has 61 heavy (non-hydrogen) atoms. The van der Waals surface area contributed by atoms with Gasteiger partial charge in [0, 0.05) is 27.9 Å². The first-order valence-corrected chi connectivity index (χ1v) is 21.3. The summed E-state index contributed by atoms with van der Waals surface area (Å²) in [4.78, 5) is 2.39. The van der Waals surface area contributed by atoms with Gasteiger partial charge in [-0.25, -0.2) is 0 Å². The summed E-state index contributed by atoms with van der Waals surface area (Å²) in [5, 5.41) is 0. The van der Waals surface area contributed by atoms with Gasteiger partial charge in [0.15, 0.2) is 0 Å². The second-order valence-corrected chi connectivity index (χ2v) is 17.5. The van der Waals surface area contributed by atoms with Gasteiger partial charge in [0.1, 0.15) is 0 Å². The van der Waals surface area contributed by atoms with Gasteiger partial charge in [-0.1, -0.05) is 180 Å². The van der Waals surface area contributed by atoms with Crippen LogP contribution < -0.4 is 4.90 Å². The summed E-state index contributed by atoms with van der Waals surface area (Å²) in [5.74, 6) is 0. The Bertz CT molecular complexity index is 3000. The molecule has 0 bridgehead atoms. The molecule has 1 heteroatoms. The fraction of sp³-hybridized carbons (Fsp3) is 0.100. The van der Waals surface area contributed by atoms with Crippen molar-refractivity contribution in [2.24, 2.45) is 0 Å². The van der Waals surface area contributed by atoms with Crippen LogP contribution in [0, 0.1) is 0 Å². The average Bonchev–Trinajstić information content (AvgIpc) is 3.67. The molecule has 0 aliphatic heterocycles. The third-order valence-electron chi connectivity index (χ3n) is 13.2. The molecule has 0 N–H and O–H groups in total. The molecule has 0 unspecified atom stereocenters. The van der Waals surface area contributed by atoms with E-state index in [0.717, 1.165) is 28.2 Å². The molecule has 0 heterocycles. The van der Waals surface area contributed by atoms with E-state index in [2.05, 4.69) is 228 Å². The van der Waals surface area contributed by atoms with Crippen LogP contribution in [0.1, 0.15) is 55.5 Å². The van der Waals surface area contributed by atoms with Crippen LogP contribution in [-0.4, -0.2) is 0 Å². The van der Waals surface area contributed by atoms with E-state index in [-0.39, 0.29) is 10.8 Å². The predicted octanol–water partition coefficient (Wildman–Crippen LogP) is 16.5. The normalized spacial score (nSPS) is 14.1. The Morgan fingerprint density at radius 2 is 0.885 bits per heavy atom. The third kappa shape index (κ3) is 6.32. The molecule has 8 aromatic rings. The van der Waals surface area contributed by atoms with E-state index in [9.17, 15) is 0 Å². The van der Waals surface area contributed by atoms with Gasteiger partial charge in [0.2, 0.25) is 0 Å². The van der Waals surface area contributed by atoms with Crippen molar-refractivity contribution in [1.29, 1.82) is 0 Å². The van der Waals surface area contributed by atoms with Crippen LogP contribution in [0.15, 0.2) is 213 Å². The maximum absolute atomic E-state index is 4.05. The van der Waals surface area contributed by atoms with Gasteiger partial charge in [-0.15, -0.1) is 0 Å². The molecule has 0 saturated heterocycles. The van der Waals surface area contributed by atoms with E-state index < -0.39 is 0 Å². The van der Waals surface area contributed by atoms with Crippen LogP contribution in [-0.2, 0) is 10.8 Å². The smallest absolute Gasteiger partial charge is 0.0465 e. The zero-order valence-corrected chi connectivity index (χ0v) is 35.4. The lowest BCUT2D eigenvalue weighted by Gasteiger charge is -2.28. The highest BCUT2D eigenvalue weighted by Gasteiger charge is 2.43. The van der Waals surface area contributed by atoms with E-state index in [1.165, 1.54) is 77.9 Å². The molecule has 0 fully saturated rings. The monoisotopic (exact) mass is 783 g/mol. The highest BCUT2D eigenvalue weighted by atomic mass is 15.1. The molecule has 0 aromatic heterocycles. The van der Waals surface area contributed by atoms with Crippen molar-refractivity contribution in [3.8, 4) is 55.6 Å². The number of benzene rings is 8. The fourth-order valence-electron chi connectivity index (χ4n) is 10.0. The molecule has 0 saturated carbocycles. The van der Waals surface area contributed by atoms with Gasteiger partial charge in [0.05, 0.1) is 0 Å². The molecular formula is C60H49N. The lowest BCUT2D eigenvalue weighted by molar-refractivity contribution is 0.653. The maximum Gasteiger partial charge on any atom is 0.0465 e. The van der Waals surface area contributed by atoms with Crippen molar-refractivity contribution >= 4 is 22.6 Å². The third-order valence-corrected chi connectivity index (χ3v) is 13.2. The molecule has 2 aliphatic rings. The Hall–Kier alpha value is -7.22. The summed E-state index contributed by atoms with van der Waals surface area (Å²) in [7, 11) is 0. The van der Waals surface area contributed by atoms with Gasteiger partial charge >= 0.3 is 0 Å². The topological polar surface area (TPSA) is 3.24 Å². The van der Waals surface area contributed by atoms with Crippen molar-refractivity contribution in [3.05, 3.63) is 241 Å². The van der Waals surface area contributed by atoms with E-state index in [0.29, 0.717) is 0 Å². The molecule has 0 amide bonds. The summed E-state index contributed by atoms with van der Waals surface area (Å²) in [6, 6.07) is 67.1. The van der Waals surface area contributed by atoms with Crippen molar-refractivity contribution in [2.75, 3.05) is 4.90 Å². The first-order chi connectivity index (χ1) is 29.7. The molecule has 0 atom stereocenters. The first-order valence-electron chi connectivity index (χ1n) is 21.3. The van der Waals surface area contributed by atoms with Gasteiger partial charge in [-0.05, 0) is 150 Å². The van der Waals surface area contributed by atoms with Crippen LogP contribution in [0.2, 0.25) is 0 Å². The number of nitrogens with zero attached hydrogens (tertiary/aromatic N) is 1. The fourth-order valence-corrected chi connectivity index (χ4v) is 10.0. The first kappa shape index (κ1) is 38.0. The maximum atomic E-state index is 4.05. The van der Waals surface area contributed by atoms with E-state index in [4.69, 9.17) is 0 Å². The Kier molecular flexibility index (Phi) is 9.22. The minimum atomic E-state index is -0.233. The molecule has 0 spiro atoms. The minimum absolute atomic E-state index is 0.200. The molecule has 1 nitrogen and oxygen atoms in total. The van der Waals surface area contributed by atoms with Crippen molar-refractivity contribution in [1.82, 2.24) is 0 Å². The molecule has 0 radical (unpaired) electrons. The SMILES string of the molecule is C=C/C=C(\C=C)c1ccc(N(c2ccc(-c3ccccc3)cc2)c2ccc3c(c2)C(C)(C)c2cc4c(cc2-3)C(C)(C)c2c(-c3ccccc3)cc(-c3ccccc3)cc2-4)cc1. The number of fused-ring (bicyclic) bond motifs is 6.